The van der Waals surface area contributed by atoms with E-state index in [1.165, 1.54) is 5.56 Å². The summed E-state index contributed by atoms with van der Waals surface area (Å²) in [5.74, 6) is -0.176. The molecule has 0 aromatic heterocycles. The minimum Gasteiger partial charge on any atom is -0.461 e. The zero-order chi connectivity index (χ0) is 15.6. The van der Waals surface area contributed by atoms with Crippen LogP contribution in [-0.4, -0.2) is 12.6 Å². The number of esters is 1. The van der Waals surface area contributed by atoms with Gasteiger partial charge in [0.2, 0.25) is 0 Å². The fraction of sp³-hybridized carbons (Fsp3) is 0.278. The van der Waals surface area contributed by atoms with Crippen molar-refractivity contribution in [3.63, 3.8) is 0 Å². The minimum atomic E-state index is -0.176. The monoisotopic (exact) mass is 274 g/mol. The van der Waals surface area contributed by atoms with Crippen LogP contribution >= 0.6 is 0 Å². The predicted octanol–water partition coefficient (Wildman–Crippen LogP) is 5.04. The zero-order valence-electron chi connectivity index (χ0n) is 12.8. The number of ether oxygens (including phenoxy) is 1. The quantitative estimate of drug-likeness (QED) is 0.568. The molecule has 0 bridgehead atoms. The summed E-state index contributed by atoms with van der Waals surface area (Å²) in [6.45, 7) is 13.1. The summed E-state index contributed by atoms with van der Waals surface area (Å²) in [7, 11) is 0. The molecule has 1 aromatic carbocycles. The Morgan fingerprint density at radius 1 is 1.15 bits per heavy atom. The number of benzene rings is 1. The normalized spacial score (nSPS) is 8.55. The highest BCUT2D eigenvalue weighted by atomic mass is 16.5. The maximum Gasteiger partial charge on any atom is 0.305 e. The van der Waals surface area contributed by atoms with Crippen molar-refractivity contribution in [1.29, 1.82) is 0 Å². The van der Waals surface area contributed by atoms with Crippen LogP contribution in [0.2, 0.25) is 0 Å². The summed E-state index contributed by atoms with van der Waals surface area (Å²) in [5.41, 5.74) is 1.17. The lowest BCUT2D eigenvalue weighted by Crippen LogP contribution is -2.00. The van der Waals surface area contributed by atoms with Gasteiger partial charge in [0.25, 0.3) is 0 Å². The van der Waals surface area contributed by atoms with E-state index >= 15 is 0 Å². The average Bonchev–Trinajstić information content (AvgIpc) is 2.54. The standard InChI is InChI=1S/C8H8.C6H10O2.C4H8/c1-2-8-6-4-3-5-7-8;1-3-5-8-6(7)4-2;1-3-4-2/h2-7H,1H2;3H,1,4-5H2,2H3;3-4H,1-2H3. The summed E-state index contributed by atoms with van der Waals surface area (Å²) in [6.07, 6.45) is 7.82. The van der Waals surface area contributed by atoms with E-state index in [4.69, 9.17) is 0 Å². The van der Waals surface area contributed by atoms with Gasteiger partial charge in [-0.2, -0.15) is 0 Å². The fourth-order valence-electron chi connectivity index (χ4n) is 0.843. The lowest BCUT2D eigenvalue weighted by molar-refractivity contribution is -0.141. The maximum atomic E-state index is 10.3. The van der Waals surface area contributed by atoms with Crippen LogP contribution in [0.4, 0.5) is 0 Å². The molecule has 2 nitrogen and oxygen atoms in total. The third kappa shape index (κ3) is 15.9. The Hall–Kier alpha value is -2.09. The number of rotatable bonds is 4. The molecule has 0 saturated carbocycles. The summed E-state index contributed by atoms with van der Waals surface area (Å²) < 4.78 is 4.58. The summed E-state index contributed by atoms with van der Waals surface area (Å²) >= 11 is 0. The van der Waals surface area contributed by atoms with Gasteiger partial charge in [0.1, 0.15) is 6.61 Å². The second-order valence-corrected chi connectivity index (χ2v) is 3.61. The van der Waals surface area contributed by atoms with E-state index in [1.54, 1.807) is 13.0 Å². The molecule has 20 heavy (non-hydrogen) atoms. The van der Waals surface area contributed by atoms with Crippen molar-refractivity contribution in [1.82, 2.24) is 0 Å². The third-order valence-electron chi connectivity index (χ3n) is 2.02. The Balaban J connectivity index is 0. The highest BCUT2D eigenvalue weighted by Gasteiger charge is 1.92. The molecule has 1 rings (SSSR count). The van der Waals surface area contributed by atoms with E-state index < -0.39 is 0 Å². The molecule has 0 atom stereocenters. The molecule has 0 fully saturated rings. The van der Waals surface area contributed by atoms with Gasteiger partial charge in [-0.3, -0.25) is 4.79 Å². The smallest absolute Gasteiger partial charge is 0.305 e. The second-order valence-electron chi connectivity index (χ2n) is 3.61. The number of carbonyl (C=O) groups is 1. The number of hydrogen-bond donors (Lipinski definition) is 0. The first-order valence-electron chi connectivity index (χ1n) is 6.67. The Morgan fingerprint density at radius 3 is 2.00 bits per heavy atom. The van der Waals surface area contributed by atoms with Crippen molar-refractivity contribution in [2.45, 2.75) is 27.2 Å². The van der Waals surface area contributed by atoms with Gasteiger partial charge in [-0.1, -0.05) is 74.7 Å². The van der Waals surface area contributed by atoms with Gasteiger partial charge >= 0.3 is 5.97 Å². The van der Waals surface area contributed by atoms with Gasteiger partial charge < -0.3 is 4.74 Å². The molecule has 0 N–H and O–H groups in total. The molecule has 1 aromatic rings. The van der Waals surface area contributed by atoms with Crippen LogP contribution in [0.15, 0.2) is 61.7 Å². The van der Waals surface area contributed by atoms with Crippen molar-refractivity contribution in [3.8, 4) is 0 Å². The number of carbonyl (C=O) groups excluding carboxylic acids is 1. The lowest BCUT2D eigenvalue weighted by Gasteiger charge is -1.94. The molecule has 0 heterocycles. The van der Waals surface area contributed by atoms with Crippen LogP contribution < -0.4 is 0 Å². The lowest BCUT2D eigenvalue weighted by atomic mass is 10.2. The highest BCUT2D eigenvalue weighted by molar-refractivity contribution is 5.68. The van der Waals surface area contributed by atoms with Gasteiger partial charge in [-0.05, 0) is 19.4 Å². The second kappa shape index (κ2) is 16.9. The van der Waals surface area contributed by atoms with Gasteiger partial charge in [0.05, 0.1) is 0 Å². The zero-order valence-corrected chi connectivity index (χ0v) is 12.8. The van der Waals surface area contributed by atoms with Crippen molar-refractivity contribution < 1.29 is 9.53 Å². The van der Waals surface area contributed by atoms with Crippen LogP contribution in [0, 0.1) is 0 Å². The van der Waals surface area contributed by atoms with E-state index in [9.17, 15) is 4.79 Å². The molecule has 0 unspecified atom stereocenters. The van der Waals surface area contributed by atoms with Gasteiger partial charge in [-0.15, -0.1) is 0 Å². The third-order valence-corrected chi connectivity index (χ3v) is 2.02. The topological polar surface area (TPSA) is 26.3 Å². The van der Waals surface area contributed by atoms with E-state index in [0.29, 0.717) is 13.0 Å². The van der Waals surface area contributed by atoms with Crippen molar-refractivity contribution in [2.24, 2.45) is 0 Å². The molecule has 0 spiro atoms. The van der Waals surface area contributed by atoms with E-state index in [0.717, 1.165) is 0 Å². The first-order valence-corrected chi connectivity index (χ1v) is 6.67. The Bertz CT molecular complexity index is 374. The first kappa shape index (κ1) is 20.2. The summed E-state index contributed by atoms with van der Waals surface area (Å²) in [4.78, 5) is 10.3. The predicted molar refractivity (Wildman–Crippen MR) is 88.5 cm³/mol. The SMILES string of the molecule is C=CCOC(=O)CC.C=Cc1ccccc1.CC=CC. The highest BCUT2D eigenvalue weighted by Crippen LogP contribution is 1.97. The Morgan fingerprint density at radius 2 is 1.70 bits per heavy atom. The first-order chi connectivity index (χ1) is 9.65. The fourth-order valence-corrected chi connectivity index (χ4v) is 0.843. The molecule has 0 amide bonds. The largest absolute Gasteiger partial charge is 0.461 e. The Kier molecular flexibility index (Phi) is 17.1. The molecule has 2 heteroatoms. The molecule has 0 aliphatic carbocycles. The van der Waals surface area contributed by atoms with Crippen LogP contribution in [0.25, 0.3) is 6.08 Å². The van der Waals surface area contributed by atoms with Gasteiger partial charge in [-0.25, -0.2) is 0 Å². The molecular formula is C18H26O2. The molecule has 110 valence electrons. The maximum absolute atomic E-state index is 10.3. The average molecular weight is 274 g/mol. The summed E-state index contributed by atoms with van der Waals surface area (Å²) in [5, 5.41) is 0. The van der Waals surface area contributed by atoms with E-state index in [1.807, 2.05) is 62.4 Å². The Labute approximate surface area is 123 Å². The van der Waals surface area contributed by atoms with Crippen molar-refractivity contribution >= 4 is 12.0 Å². The van der Waals surface area contributed by atoms with Crippen molar-refractivity contribution in [3.05, 3.63) is 67.3 Å². The van der Waals surface area contributed by atoms with Crippen LogP contribution in [0.5, 0.6) is 0 Å². The minimum absolute atomic E-state index is 0.176. The summed E-state index contributed by atoms with van der Waals surface area (Å²) in [6, 6.07) is 10.0. The van der Waals surface area contributed by atoms with Crippen molar-refractivity contribution in [2.75, 3.05) is 6.61 Å². The molecule has 0 saturated heterocycles. The van der Waals surface area contributed by atoms with Crippen LogP contribution in [0.3, 0.4) is 0 Å². The van der Waals surface area contributed by atoms with Gasteiger partial charge in [0.15, 0.2) is 0 Å². The number of allylic oxidation sites excluding steroid dienone is 2. The molecular weight excluding hydrogens is 248 g/mol. The van der Waals surface area contributed by atoms with E-state index in [-0.39, 0.29) is 5.97 Å². The van der Waals surface area contributed by atoms with Gasteiger partial charge in [0, 0.05) is 6.42 Å². The van der Waals surface area contributed by atoms with Crippen LogP contribution in [-0.2, 0) is 9.53 Å². The molecule has 0 aliphatic rings. The van der Waals surface area contributed by atoms with Crippen LogP contribution in [0.1, 0.15) is 32.8 Å². The van der Waals surface area contributed by atoms with E-state index in [2.05, 4.69) is 17.9 Å². The molecule has 0 aliphatic heterocycles. The number of hydrogen-bond acceptors (Lipinski definition) is 2. The molecule has 0 radical (unpaired) electrons.